The van der Waals surface area contributed by atoms with Gasteiger partial charge in [-0.2, -0.15) is 0 Å². The zero-order valence-electron chi connectivity index (χ0n) is 14.0. The summed E-state index contributed by atoms with van der Waals surface area (Å²) in [6.07, 6.45) is -0.928. The van der Waals surface area contributed by atoms with Crippen molar-refractivity contribution in [3.63, 3.8) is 0 Å². The molecular formula is C19H22N2O4. The van der Waals surface area contributed by atoms with Crippen LogP contribution < -0.4 is 10.8 Å². The number of nitrogens with one attached hydrogen (secondary N) is 2. The Balaban J connectivity index is 1.84. The second-order valence-corrected chi connectivity index (χ2v) is 5.69. The molecule has 2 aromatic rings. The molecular weight excluding hydrogens is 320 g/mol. The Morgan fingerprint density at radius 1 is 1.00 bits per heavy atom. The zero-order chi connectivity index (χ0) is 18.1. The van der Waals surface area contributed by atoms with Crippen molar-refractivity contribution in [2.24, 2.45) is 0 Å². The minimum Gasteiger partial charge on any atom is -0.391 e. The molecule has 1 unspecified atom stereocenters. The zero-order valence-corrected chi connectivity index (χ0v) is 14.0. The molecule has 0 aliphatic carbocycles. The normalized spacial score (nSPS) is 12.9. The lowest BCUT2D eigenvalue weighted by atomic mass is 10.1. The number of benzene rings is 2. The third-order valence-electron chi connectivity index (χ3n) is 3.54. The quantitative estimate of drug-likeness (QED) is 0.632. The highest BCUT2D eigenvalue weighted by molar-refractivity contribution is 5.88. The fourth-order valence-electron chi connectivity index (χ4n) is 2.24. The third kappa shape index (κ3) is 6.37. The van der Waals surface area contributed by atoms with Crippen LogP contribution in [0.4, 0.5) is 0 Å². The van der Waals surface area contributed by atoms with Gasteiger partial charge in [0.05, 0.1) is 19.1 Å². The monoisotopic (exact) mass is 342 g/mol. The van der Waals surface area contributed by atoms with E-state index in [2.05, 4.69) is 10.8 Å². The molecule has 6 nitrogen and oxygen atoms in total. The number of carbonyl (C=O) groups is 2. The van der Waals surface area contributed by atoms with Crippen molar-refractivity contribution in [3.8, 4) is 0 Å². The van der Waals surface area contributed by atoms with Crippen LogP contribution in [0.1, 0.15) is 18.1 Å². The summed E-state index contributed by atoms with van der Waals surface area (Å²) in [5.74, 6) is -0.956. The van der Waals surface area contributed by atoms with Crippen LogP contribution in [0.5, 0.6) is 0 Å². The van der Waals surface area contributed by atoms with E-state index < -0.39 is 18.1 Å². The van der Waals surface area contributed by atoms with E-state index in [1.807, 2.05) is 60.7 Å². The van der Waals surface area contributed by atoms with Gasteiger partial charge < -0.3 is 10.4 Å². The number of hydroxylamine groups is 1. The number of rotatable bonds is 8. The lowest BCUT2D eigenvalue weighted by molar-refractivity contribution is -0.141. The highest BCUT2D eigenvalue weighted by Gasteiger charge is 2.25. The average Bonchev–Trinajstić information content (AvgIpc) is 2.61. The maximum Gasteiger partial charge on any atom is 0.268 e. The van der Waals surface area contributed by atoms with Crippen molar-refractivity contribution >= 4 is 11.8 Å². The van der Waals surface area contributed by atoms with E-state index in [4.69, 9.17) is 4.84 Å². The predicted octanol–water partition coefficient (Wildman–Crippen LogP) is 1.34. The van der Waals surface area contributed by atoms with E-state index in [0.29, 0.717) is 0 Å². The van der Waals surface area contributed by atoms with Gasteiger partial charge in [0.25, 0.3) is 5.91 Å². The molecule has 0 heterocycles. The van der Waals surface area contributed by atoms with Gasteiger partial charge >= 0.3 is 0 Å². The lowest BCUT2D eigenvalue weighted by Crippen LogP contribution is -2.52. The Bertz CT molecular complexity index is 674. The van der Waals surface area contributed by atoms with Crippen molar-refractivity contribution in [2.45, 2.75) is 32.1 Å². The fourth-order valence-corrected chi connectivity index (χ4v) is 2.24. The lowest BCUT2D eigenvalue weighted by Gasteiger charge is -2.20. The maximum atomic E-state index is 12.2. The van der Waals surface area contributed by atoms with E-state index in [-0.39, 0.29) is 18.9 Å². The second kappa shape index (κ2) is 9.56. The minimum atomic E-state index is -1.09. The molecule has 0 bridgehead atoms. The van der Waals surface area contributed by atoms with Gasteiger partial charge in [-0.3, -0.25) is 14.4 Å². The first-order chi connectivity index (χ1) is 12.1. The first-order valence-electron chi connectivity index (χ1n) is 8.03. The smallest absolute Gasteiger partial charge is 0.268 e. The Morgan fingerprint density at radius 2 is 1.56 bits per heavy atom. The van der Waals surface area contributed by atoms with Gasteiger partial charge in [0.15, 0.2) is 0 Å². The second-order valence-electron chi connectivity index (χ2n) is 5.69. The number of hydrogen-bond donors (Lipinski definition) is 3. The van der Waals surface area contributed by atoms with E-state index in [1.165, 1.54) is 6.92 Å². The van der Waals surface area contributed by atoms with E-state index >= 15 is 0 Å². The predicted molar refractivity (Wildman–Crippen MR) is 93.1 cm³/mol. The van der Waals surface area contributed by atoms with Crippen LogP contribution in [0.2, 0.25) is 0 Å². The Labute approximate surface area is 146 Å². The summed E-state index contributed by atoms with van der Waals surface area (Å²) < 4.78 is 0. The molecule has 132 valence electrons. The van der Waals surface area contributed by atoms with Gasteiger partial charge in [-0.25, -0.2) is 5.48 Å². The highest BCUT2D eigenvalue weighted by Crippen LogP contribution is 2.02. The fraction of sp³-hybridized carbons (Fsp3) is 0.263. The van der Waals surface area contributed by atoms with Crippen molar-refractivity contribution in [2.75, 3.05) is 0 Å². The Kier molecular flexibility index (Phi) is 7.13. The Morgan fingerprint density at radius 3 is 2.12 bits per heavy atom. The first-order valence-corrected chi connectivity index (χ1v) is 8.03. The molecule has 0 radical (unpaired) electrons. The molecule has 0 aliphatic rings. The van der Waals surface area contributed by atoms with E-state index in [0.717, 1.165) is 11.1 Å². The molecule has 25 heavy (non-hydrogen) atoms. The standard InChI is InChI=1S/C19H22N2O4/c1-14(22)18(20-17(23)12-15-8-4-2-5-9-15)19(24)21-25-13-16-10-6-3-7-11-16/h2-11,14,18,22H,12-13H2,1H3,(H,20,23)(H,21,24)/t14?,18-/m0/s1. The van der Waals surface area contributed by atoms with Crippen LogP contribution in [-0.2, 0) is 27.5 Å². The van der Waals surface area contributed by atoms with Crippen LogP contribution in [0.25, 0.3) is 0 Å². The summed E-state index contributed by atoms with van der Waals surface area (Å²) in [6, 6.07) is 17.4. The Hall–Kier alpha value is -2.70. The summed E-state index contributed by atoms with van der Waals surface area (Å²) in [6.45, 7) is 1.63. The van der Waals surface area contributed by atoms with Gasteiger partial charge in [0, 0.05) is 0 Å². The van der Waals surface area contributed by atoms with E-state index in [9.17, 15) is 14.7 Å². The molecule has 0 saturated heterocycles. The molecule has 0 spiro atoms. The molecule has 2 amide bonds. The summed E-state index contributed by atoms with van der Waals surface area (Å²) in [4.78, 5) is 29.4. The summed E-state index contributed by atoms with van der Waals surface area (Å²) in [7, 11) is 0. The number of amides is 2. The van der Waals surface area contributed by atoms with Crippen LogP contribution in [0, 0.1) is 0 Å². The minimum absolute atomic E-state index is 0.127. The van der Waals surface area contributed by atoms with Gasteiger partial charge in [0.2, 0.25) is 5.91 Å². The van der Waals surface area contributed by atoms with Crippen molar-refractivity contribution in [1.82, 2.24) is 10.8 Å². The largest absolute Gasteiger partial charge is 0.391 e. The van der Waals surface area contributed by atoms with Crippen LogP contribution in [-0.4, -0.2) is 29.1 Å². The summed E-state index contributed by atoms with van der Waals surface area (Å²) in [5.41, 5.74) is 3.99. The number of carbonyl (C=O) groups excluding carboxylic acids is 2. The maximum absolute atomic E-state index is 12.2. The van der Waals surface area contributed by atoms with Gasteiger partial charge in [0.1, 0.15) is 6.04 Å². The van der Waals surface area contributed by atoms with Gasteiger partial charge in [-0.1, -0.05) is 60.7 Å². The van der Waals surface area contributed by atoms with E-state index in [1.54, 1.807) is 0 Å². The number of hydrogen-bond acceptors (Lipinski definition) is 4. The average molecular weight is 342 g/mol. The van der Waals surface area contributed by atoms with Crippen molar-refractivity contribution in [3.05, 3.63) is 71.8 Å². The number of aliphatic hydroxyl groups excluding tert-OH is 1. The highest BCUT2D eigenvalue weighted by atomic mass is 16.6. The summed E-state index contributed by atoms with van der Waals surface area (Å²) >= 11 is 0. The van der Waals surface area contributed by atoms with Gasteiger partial charge in [-0.15, -0.1) is 0 Å². The molecule has 2 aromatic carbocycles. The van der Waals surface area contributed by atoms with Gasteiger partial charge in [-0.05, 0) is 18.1 Å². The van der Waals surface area contributed by atoms with Crippen LogP contribution in [0.15, 0.2) is 60.7 Å². The SMILES string of the molecule is CC(O)[C@H](NC(=O)Cc1ccccc1)C(=O)NOCc1ccccc1. The third-order valence-corrected chi connectivity index (χ3v) is 3.54. The van der Waals surface area contributed by atoms with Crippen LogP contribution >= 0.6 is 0 Å². The van der Waals surface area contributed by atoms with Crippen LogP contribution in [0.3, 0.4) is 0 Å². The first kappa shape index (κ1) is 18.6. The summed E-state index contributed by atoms with van der Waals surface area (Å²) in [5, 5.41) is 12.3. The molecule has 6 heteroatoms. The molecule has 0 fully saturated rings. The van der Waals surface area contributed by atoms with Crippen molar-refractivity contribution < 1.29 is 19.5 Å². The molecule has 3 N–H and O–H groups in total. The molecule has 0 aromatic heterocycles. The molecule has 0 saturated carbocycles. The molecule has 0 aliphatic heterocycles. The molecule has 2 atom stereocenters. The molecule has 2 rings (SSSR count). The number of aliphatic hydroxyl groups is 1. The topological polar surface area (TPSA) is 87.7 Å². The van der Waals surface area contributed by atoms with Crippen molar-refractivity contribution in [1.29, 1.82) is 0 Å².